The number of urea groups is 1. The topological polar surface area (TPSA) is 76.0 Å². The van der Waals surface area contributed by atoms with Crippen LogP contribution in [0, 0.1) is 6.92 Å². The number of aryl methyl sites for hydroxylation is 1. The van der Waals surface area contributed by atoms with Crippen LogP contribution in [0.4, 0.5) is 10.5 Å². The zero-order chi connectivity index (χ0) is 25.5. The first-order valence-corrected chi connectivity index (χ1v) is 12.3. The highest BCUT2D eigenvalue weighted by atomic mass is 16.5. The summed E-state index contributed by atoms with van der Waals surface area (Å²) >= 11 is 0. The molecule has 190 valence electrons. The largest absolute Gasteiger partial charge is 0.494 e. The van der Waals surface area contributed by atoms with Crippen molar-refractivity contribution in [2.24, 2.45) is 0 Å². The number of nitrogens with one attached hydrogen (secondary N) is 1. The first kappa shape index (κ1) is 25.3. The molecule has 0 saturated carbocycles. The number of hydrogen-bond donors (Lipinski definition) is 1. The molecule has 1 unspecified atom stereocenters. The van der Waals surface area contributed by atoms with Crippen molar-refractivity contribution >= 4 is 17.6 Å². The molecule has 0 spiro atoms. The summed E-state index contributed by atoms with van der Waals surface area (Å²) in [7, 11) is 1.58. The summed E-state index contributed by atoms with van der Waals surface area (Å²) in [4.78, 5) is 30.2. The molecule has 2 aromatic carbocycles. The molecule has 4 rings (SSSR count). The normalized spacial score (nSPS) is 14.8. The molecule has 2 heterocycles. The van der Waals surface area contributed by atoms with Crippen molar-refractivity contribution in [3.8, 4) is 5.75 Å². The van der Waals surface area contributed by atoms with Crippen molar-refractivity contribution in [1.29, 1.82) is 0 Å². The lowest BCUT2D eigenvalue weighted by molar-refractivity contribution is -0.134. The van der Waals surface area contributed by atoms with Crippen LogP contribution in [0.3, 0.4) is 0 Å². The maximum Gasteiger partial charge on any atom is 0.322 e. The second-order valence-electron chi connectivity index (χ2n) is 8.83. The van der Waals surface area contributed by atoms with Crippen LogP contribution in [0.2, 0.25) is 0 Å². The van der Waals surface area contributed by atoms with Crippen molar-refractivity contribution in [3.63, 3.8) is 0 Å². The van der Waals surface area contributed by atoms with Gasteiger partial charge >= 0.3 is 6.03 Å². The molecule has 0 fully saturated rings. The summed E-state index contributed by atoms with van der Waals surface area (Å²) in [6.45, 7) is 6.40. The van der Waals surface area contributed by atoms with E-state index in [0.29, 0.717) is 38.5 Å². The number of benzene rings is 2. The lowest BCUT2D eigenvalue weighted by Crippen LogP contribution is -2.49. The van der Waals surface area contributed by atoms with Crippen LogP contribution >= 0.6 is 0 Å². The molecular weight excluding hydrogens is 456 g/mol. The van der Waals surface area contributed by atoms with Gasteiger partial charge in [0.15, 0.2) is 0 Å². The van der Waals surface area contributed by atoms with Crippen molar-refractivity contribution in [3.05, 3.63) is 83.7 Å². The molecule has 8 heteroatoms. The number of rotatable bonds is 9. The molecule has 3 amide bonds. The minimum absolute atomic E-state index is 0.0463. The van der Waals surface area contributed by atoms with Crippen LogP contribution in [0.1, 0.15) is 29.8 Å². The number of carbonyl (C=O) groups excluding carboxylic acids is 2. The van der Waals surface area contributed by atoms with Crippen molar-refractivity contribution < 1.29 is 19.1 Å². The number of ether oxygens (including phenoxy) is 2. The fourth-order valence-electron chi connectivity index (χ4n) is 4.46. The fraction of sp³-hybridized carbons (Fsp3) is 0.357. The SMILES string of the molecule is CCOc1ccc(NC(=O)N(CCOC)CC(=O)N2CCn3cccc3C2c2ccc(C)cc2)cc1. The summed E-state index contributed by atoms with van der Waals surface area (Å²) in [5.41, 5.74) is 3.92. The lowest BCUT2D eigenvalue weighted by atomic mass is 9.98. The maximum atomic E-state index is 13.7. The highest BCUT2D eigenvalue weighted by molar-refractivity contribution is 5.92. The summed E-state index contributed by atoms with van der Waals surface area (Å²) in [5, 5.41) is 2.89. The van der Waals surface area contributed by atoms with E-state index >= 15 is 0 Å². The van der Waals surface area contributed by atoms with Gasteiger partial charge in [0, 0.05) is 44.3 Å². The Hall–Kier alpha value is -3.78. The Labute approximate surface area is 212 Å². The molecule has 3 aromatic rings. The van der Waals surface area contributed by atoms with Crippen LogP contribution in [0.5, 0.6) is 5.75 Å². The number of amides is 3. The van der Waals surface area contributed by atoms with E-state index in [9.17, 15) is 9.59 Å². The molecule has 1 aromatic heterocycles. The van der Waals surface area contributed by atoms with Gasteiger partial charge in [0.1, 0.15) is 12.3 Å². The van der Waals surface area contributed by atoms with Crippen LogP contribution in [-0.4, -0.2) is 66.3 Å². The summed E-state index contributed by atoms with van der Waals surface area (Å²) < 4.78 is 12.9. The van der Waals surface area contributed by atoms with Crippen LogP contribution in [0.25, 0.3) is 0 Å². The molecule has 1 aliphatic heterocycles. The quantitative estimate of drug-likeness (QED) is 0.485. The Balaban J connectivity index is 1.51. The molecule has 1 atom stereocenters. The third kappa shape index (κ3) is 5.88. The van der Waals surface area contributed by atoms with Gasteiger partial charge in [0.05, 0.1) is 19.3 Å². The molecule has 0 bridgehead atoms. The van der Waals surface area contributed by atoms with Gasteiger partial charge in [-0.2, -0.15) is 0 Å². The lowest BCUT2D eigenvalue weighted by Gasteiger charge is -2.38. The van der Waals surface area contributed by atoms with Gasteiger partial charge in [-0.05, 0) is 55.8 Å². The first-order valence-electron chi connectivity index (χ1n) is 12.3. The number of carbonyl (C=O) groups is 2. The van der Waals surface area contributed by atoms with E-state index in [2.05, 4.69) is 40.2 Å². The molecule has 1 N–H and O–H groups in total. The zero-order valence-electron chi connectivity index (χ0n) is 21.1. The molecule has 0 saturated heterocycles. The Morgan fingerprint density at radius 1 is 1.06 bits per heavy atom. The van der Waals surface area contributed by atoms with Gasteiger partial charge in [-0.1, -0.05) is 29.8 Å². The van der Waals surface area contributed by atoms with Crippen LogP contribution < -0.4 is 10.1 Å². The maximum absolute atomic E-state index is 13.7. The smallest absolute Gasteiger partial charge is 0.322 e. The Bertz CT molecular complexity index is 1160. The first-order chi connectivity index (χ1) is 17.5. The number of nitrogens with zero attached hydrogens (tertiary/aromatic N) is 3. The minimum Gasteiger partial charge on any atom is -0.494 e. The van der Waals surface area contributed by atoms with Crippen molar-refractivity contribution in [2.75, 3.05) is 45.3 Å². The average Bonchev–Trinajstić information content (AvgIpc) is 3.37. The summed E-state index contributed by atoms with van der Waals surface area (Å²) in [6, 6.07) is 19.0. The number of fused-ring (bicyclic) bond motifs is 1. The molecule has 36 heavy (non-hydrogen) atoms. The van der Waals surface area contributed by atoms with E-state index in [-0.39, 0.29) is 24.5 Å². The van der Waals surface area contributed by atoms with Gasteiger partial charge in [-0.3, -0.25) is 4.79 Å². The molecule has 0 radical (unpaired) electrons. The predicted octanol–water partition coefficient (Wildman–Crippen LogP) is 4.31. The van der Waals surface area contributed by atoms with E-state index < -0.39 is 0 Å². The summed E-state index contributed by atoms with van der Waals surface area (Å²) in [6.07, 6.45) is 2.05. The van der Waals surface area contributed by atoms with E-state index in [4.69, 9.17) is 9.47 Å². The molecular formula is C28H34N4O4. The van der Waals surface area contributed by atoms with Gasteiger partial charge in [-0.15, -0.1) is 0 Å². The van der Waals surface area contributed by atoms with E-state index in [1.165, 1.54) is 10.5 Å². The molecule has 0 aliphatic carbocycles. The summed E-state index contributed by atoms with van der Waals surface area (Å²) in [5.74, 6) is 0.630. The Morgan fingerprint density at radius 2 is 1.81 bits per heavy atom. The second-order valence-corrected chi connectivity index (χ2v) is 8.83. The van der Waals surface area contributed by atoms with Crippen LogP contribution in [0.15, 0.2) is 66.9 Å². The predicted molar refractivity (Wildman–Crippen MR) is 139 cm³/mol. The van der Waals surface area contributed by atoms with E-state index in [1.807, 2.05) is 31.0 Å². The van der Waals surface area contributed by atoms with Gasteiger partial charge in [0.25, 0.3) is 0 Å². The zero-order valence-corrected chi connectivity index (χ0v) is 21.1. The van der Waals surface area contributed by atoms with E-state index in [1.54, 1.807) is 31.4 Å². The number of anilines is 1. The van der Waals surface area contributed by atoms with Gasteiger partial charge in [0.2, 0.25) is 5.91 Å². The molecule has 1 aliphatic rings. The van der Waals surface area contributed by atoms with Crippen LogP contribution in [-0.2, 0) is 16.1 Å². The average molecular weight is 491 g/mol. The van der Waals surface area contributed by atoms with E-state index in [0.717, 1.165) is 17.0 Å². The Morgan fingerprint density at radius 3 is 2.50 bits per heavy atom. The highest BCUT2D eigenvalue weighted by Gasteiger charge is 2.33. The number of hydrogen-bond acceptors (Lipinski definition) is 4. The fourth-order valence-corrected chi connectivity index (χ4v) is 4.46. The molecule has 8 nitrogen and oxygen atoms in total. The minimum atomic E-state index is -0.350. The third-order valence-electron chi connectivity index (χ3n) is 6.35. The Kier molecular flexibility index (Phi) is 8.28. The standard InChI is InChI=1S/C28H34N4O4/c1-4-36-24-13-11-23(12-14-24)29-28(34)31(18-19-35-3)20-26(33)32-17-16-30-15-5-6-25(30)27(32)22-9-7-21(2)8-10-22/h5-15,27H,4,16-20H2,1-3H3,(H,29,34). The second kappa shape index (κ2) is 11.8. The highest BCUT2D eigenvalue weighted by Crippen LogP contribution is 2.32. The number of aromatic nitrogens is 1. The van der Waals surface area contributed by atoms with Gasteiger partial charge in [-0.25, -0.2) is 4.79 Å². The third-order valence-corrected chi connectivity index (χ3v) is 6.35. The number of methoxy groups -OCH3 is 1. The van der Waals surface area contributed by atoms with Crippen molar-refractivity contribution in [2.45, 2.75) is 26.4 Å². The van der Waals surface area contributed by atoms with Crippen molar-refractivity contribution in [1.82, 2.24) is 14.4 Å². The monoisotopic (exact) mass is 490 g/mol. The van der Waals surface area contributed by atoms with Gasteiger partial charge < -0.3 is 29.2 Å².